The van der Waals surface area contributed by atoms with Crippen LogP contribution in [-0.2, 0) is 0 Å². The summed E-state index contributed by atoms with van der Waals surface area (Å²) in [6.45, 7) is 6.88. The molecule has 0 saturated heterocycles. The second-order valence-corrected chi connectivity index (χ2v) is 4.87. The van der Waals surface area contributed by atoms with Crippen molar-refractivity contribution in [3.8, 4) is 0 Å². The molecule has 1 rings (SSSR count). The van der Waals surface area contributed by atoms with Crippen LogP contribution in [0.15, 0.2) is 0 Å². The Bertz CT molecular complexity index is 139. The maximum absolute atomic E-state index is 9.09. The highest BCUT2D eigenvalue weighted by atomic mass is 16.3. The predicted octanol–water partition coefficient (Wildman–Crippen LogP) is 1.54. The lowest BCUT2D eigenvalue weighted by Gasteiger charge is -2.29. The number of aliphatic hydroxyl groups is 1. The fourth-order valence-corrected chi connectivity index (χ4v) is 2.00. The molecular weight excluding hydrogens is 150 g/mol. The summed E-state index contributed by atoms with van der Waals surface area (Å²) in [6, 6.07) is 0.537. The van der Waals surface area contributed by atoms with E-state index in [1.807, 2.05) is 0 Å². The van der Waals surface area contributed by atoms with Crippen LogP contribution in [-0.4, -0.2) is 23.3 Å². The highest BCUT2D eigenvalue weighted by molar-refractivity contribution is 4.87. The fraction of sp³-hybridized carbons (Fsp3) is 1.00. The molecule has 12 heavy (non-hydrogen) atoms. The highest BCUT2D eigenvalue weighted by Crippen LogP contribution is 2.26. The average Bonchev–Trinajstić information content (AvgIpc) is 2.31. The van der Waals surface area contributed by atoms with Gasteiger partial charge in [-0.2, -0.15) is 0 Å². The van der Waals surface area contributed by atoms with Gasteiger partial charge in [0.25, 0.3) is 0 Å². The summed E-state index contributed by atoms with van der Waals surface area (Å²) in [5.74, 6) is 0.490. The van der Waals surface area contributed by atoms with Crippen LogP contribution < -0.4 is 5.32 Å². The maximum atomic E-state index is 9.09. The first kappa shape index (κ1) is 10.0. The first-order chi connectivity index (χ1) is 5.53. The van der Waals surface area contributed by atoms with Gasteiger partial charge in [0.1, 0.15) is 0 Å². The van der Waals surface area contributed by atoms with Crippen LogP contribution in [0.4, 0.5) is 0 Å². The third-order valence-electron chi connectivity index (χ3n) is 2.51. The summed E-state index contributed by atoms with van der Waals surface area (Å²) in [5.41, 5.74) is 0.183. The van der Waals surface area contributed by atoms with Crippen molar-refractivity contribution in [1.82, 2.24) is 5.32 Å². The highest BCUT2D eigenvalue weighted by Gasteiger charge is 2.29. The SMILES string of the molecule is CC(C)(C)N[C@@H]1CCC[C@@H]1CO. The lowest BCUT2D eigenvalue weighted by Crippen LogP contribution is -2.46. The Balaban J connectivity index is 2.41. The lowest BCUT2D eigenvalue weighted by molar-refractivity contribution is 0.190. The molecule has 72 valence electrons. The molecule has 0 heterocycles. The predicted molar refractivity (Wildman–Crippen MR) is 51.1 cm³/mol. The van der Waals surface area contributed by atoms with Gasteiger partial charge in [0, 0.05) is 18.2 Å². The number of nitrogens with one attached hydrogen (secondary N) is 1. The Hall–Kier alpha value is -0.0800. The van der Waals surface area contributed by atoms with E-state index in [1.165, 1.54) is 19.3 Å². The van der Waals surface area contributed by atoms with Gasteiger partial charge in [0.05, 0.1) is 0 Å². The Labute approximate surface area is 75.4 Å². The van der Waals surface area contributed by atoms with Gasteiger partial charge in [-0.3, -0.25) is 0 Å². The monoisotopic (exact) mass is 171 g/mol. The molecule has 1 saturated carbocycles. The van der Waals surface area contributed by atoms with Gasteiger partial charge in [-0.1, -0.05) is 6.42 Å². The Morgan fingerprint density at radius 3 is 2.50 bits per heavy atom. The number of hydrogen-bond acceptors (Lipinski definition) is 2. The van der Waals surface area contributed by atoms with Crippen molar-refractivity contribution in [2.45, 2.75) is 51.6 Å². The van der Waals surface area contributed by atoms with E-state index in [2.05, 4.69) is 26.1 Å². The summed E-state index contributed by atoms with van der Waals surface area (Å²) in [4.78, 5) is 0. The molecule has 0 spiro atoms. The van der Waals surface area contributed by atoms with Gasteiger partial charge >= 0.3 is 0 Å². The van der Waals surface area contributed by atoms with Crippen LogP contribution in [0.2, 0.25) is 0 Å². The van der Waals surface area contributed by atoms with Gasteiger partial charge in [0.15, 0.2) is 0 Å². The van der Waals surface area contributed by atoms with Crippen molar-refractivity contribution < 1.29 is 5.11 Å². The quantitative estimate of drug-likeness (QED) is 0.660. The Kier molecular flexibility index (Phi) is 3.13. The molecule has 0 aliphatic heterocycles. The van der Waals surface area contributed by atoms with Crippen molar-refractivity contribution >= 4 is 0 Å². The number of rotatable bonds is 2. The topological polar surface area (TPSA) is 32.3 Å². The van der Waals surface area contributed by atoms with Crippen LogP contribution >= 0.6 is 0 Å². The second-order valence-electron chi connectivity index (χ2n) is 4.87. The molecule has 2 nitrogen and oxygen atoms in total. The lowest BCUT2D eigenvalue weighted by atomic mass is 10.0. The molecule has 0 amide bonds. The minimum Gasteiger partial charge on any atom is -0.396 e. The van der Waals surface area contributed by atoms with E-state index in [0.29, 0.717) is 18.6 Å². The standard InChI is InChI=1S/C10H21NO/c1-10(2,3)11-9-6-4-5-8(9)7-12/h8-9,11-12H,4-7H2,1-3H3/t8-,9-/m1/s1. The van der Waals surface area contributed by atoms with E-state index in [1.54, 1.807) is 0 Å². The van der Waals surface area contributed by atoms with Crippen LogP contribution in [0.3, 0.4) is 0 Å². The van der Waals surface area contributed by atoms with Crippen molar-refractivity contribution in [2.75, 3.05) is 6.61 Å². The van der Waals surface area contributed by atoms with E-state index >= 15 is 0 Å². The zero-order chi connectivity index (χ0) is 9.19. The van der Waals surface area contributed by atoms with Gasteiger partial charge in [-0.15, -0.1) is 0 Å². The molecule has 2 atom stereocenters. The first-order valence-corrected chi connectivity index (χ1v) is 4.91. The number of aliphatic hydroxyl groups excluding tert-OH is 1. The van der Waals surface area contributed by atoms with E-state index in [0.717, 1.165) is 0 Å². The van der Waals surface area contributed by atoms with Gasteiger partial charge in [-0.05, 0) is 39.5 Å². The molecular formula is C10H21NO. The third kappa shape index (κ3) is 2.76. The van der Waals surface area contributed by atoms with E-state index in [4.69, 9.17) is 5.11 Å². The van der Waals surface area contributed by atoms with Crippen LogP contribution in [0.1, 0.15) is 40.0 Å². The summed E-state index contributed by atoms with van der Waals surface area (Å²) in [5, 5.41) is 12.7. The van der Waals surface area contributed by atoms with Crippen molar-refractivity contribution in [1.29, 1.82) is 0 Å². The average molecular weight is 171 g/mol. The smallest absolute Gasteiger partial charge is 0.0474 e. The summed E-state index contributed by atoms with van der Waals surface area (Å²) in [7, 11) is 0. The van der Waals surface area contributed by atoms with Gasteiger partial charge in [-0.25, -0.2) is 0 Å². The Morgan fingerprint density at radius 1 is 1.33 bits per heavy atom. The fourth-order valence-electron chi connectivity index (χ4n) is 2.00. The third-order valence-corrected chi connectivity index (χ3v) is 2.51. The van der Waals surface area contributed by atoms with Crippen LogP contribution in [0.5, 0.6) is 0 Å². The van der Waals surface area contributed by atoms with Crippen molar-refractivity contribution in [3.05, 3.63) is 0 Å². The van der Waals surface area contributed by atoms with E-state index in [-0.39, 0.29) is 5.54 Å². The van der Waals surface area contributed by atoms with Crippen molar-refractivity contribution in [2.24, 2.45) is 5.92 Å². The molecule has 0 bridgehead atoms. The summed E-state index contributed by atoms with van der Waals surface area (Å²) < 4.78 is 0. The molecule has 0 aromatic rings. The molecule has 1 aliphatic carbocycles. The molecule has 1 fully saturated rings. The van der Waals surface area contributed by atoms with E-state index in [9.17, 15) is 0 Å². The molecule has 1 aliphatic rings. The summed E-state index contributed by atoms with van der Waals surface area (Å²) in [6.07, 6.45) is 3.67. The van der Waals surface area contributed by atoms with Gasteiger partial charge in [0.2, 0.25) is 0 Å². The summed E-state index contributed by atoms with van der Waals surface area (Å²) >= 11 is 0. The first-order valence-electron chi connectivity index (χ1n) is 4.91. The number of hydrogen-bond donors (Lipinski definition) is 2. The maximum Gasteiger partial charge on any atom is 0.0474 e. The minimum atomic E-state index is 0.183. The zero-order valence-corrected chi connectivity index (χ0v) is 8.43. The Morgan fingerprint density at radius 2 is 2.00 bits per heavy atom. The van der Waals surface area contributed by atoms with Crippen molar-refractivity contribution in [3.63, 3.8) is 0 Å². The normalized spacial score (nSPS) is 31.0. The van der Waals surface area contributed by atoms with Crippen LogP contribution in [0.25, 0.3) is 0 Å². The molecule has 2 N–H and O–H groups in total. The molecule has 0 unspecified atom stereocenters. The van der Waals surface area contributed by atoms with Gasteiger partial charge < -0.3 is 10.4 Å². The second kappa shape index (κ2) is 3.75. The molecule has 0 aromatic heterocycles. The minimum absolute atomic E-state index is 0.183. The molecule has 0 aromatic carbocycles. The zero-order valence-electron chi connectivity index (χ0n) is 8.43. The molecule has 0 radical (unpaired) electrons. The van der Waals surface area contributed by atoms with Crippen LogP contribution in [0, 0.1) is 5.92 Å². The van der Waals surface area contributed by atoms with E-state index < -0.39 is 0 Å². The largest absolute Gasteiger partial charge is 0.396 e. The molecule has 2 heteroatoms.